The number of aromatic nitrogens is 3. The van der Waals surface area contributed by atoms with Crippen LogP contribution in [0, 0.1) is 11.8 Å². The van der Waals surface area contributed by atoms with Crippen molar-refractivity contribution >= 4 is 33.4 Å². The van der Waals surface area contributed by atoms with Crippen LogP contribution >= 0.6 is 11.3 Å². The molecule has 5 heterocycles. The number of benzene rings is 1. The summed E-state index contributed by atoms with van der Waals surface area (Å²) in [5.74, 6) is -0.757. The smallest absolute Gasteiger partial charge is 0.317 e. The number of nitrogens with one attached hydrogen (secondary N) is 2. The molecule has 3 aromatic heterocycles. The Bertz CT molecular complexity index is 1470. The van der Waals surface area contributed by atoms with E-state index in [1.807, 2.05) is 24.3 Å². The van der Waals surface area contributed by atoms with Crippen LogP contribution in [0.15, 0.2) is 42.7 Å². The summed E-state index contributed by atoms with van der Waals surface area (Å²) in [6, 6.07) is 9.15. The number of thiophene rings is 1. The first-order valence-electron chi connectivity index (χ1n) is 12.2. The number of halogens is 2. The Morgan fingerprint density at radius 1 is 1.08 bits per heavy atom. The molecule has 2 N–H and O–H groups in total. The quantitative estimate of drug-likeness (QED) is 0.336. The van der Waals surface area contributed by atoms with E-state index in [4.69, 9.17) is 0 Å². The lowest BCUT2D eigenvalue weighted by Crippen LogP contribution is -2.36. The van der Waals surface area contributed by atoms with E-state index < -0.39 is 11.8 Å². The number of amides is 2. The van der Waals surface area contributed by atoms with E-state index in [9.17, 15) is 13.6 Å². The van der Waals surface area contributed by atoms with E-state index in [1.54, 1.807) is 11.1 Å². The normalized spacial score (nSPS) is 15.7. The largest absolute Gasteiger partial charge is 0.352 e. The van der Waals surface area contributed by atoms with Gasteiger partial charge in [-0.25, -0.2) is 24.1 Å². The number of fused-ring (bicyclic) bond motifs is 1. The molecule has 8 nitrogen and oxygen atoms in total. The molecule has 11 heteroatoms. The molecule has 0 spiro atoms. The summed E-state index contributed by atoms with van der Waals surface area (Å²) in [5, 5.41) is 6.77. The van der Waals surface area contributed by atoms with Gasteiger partial charge in [0.2, 0.25) is 11.9 Å². The molecule has 1 aromatic carbocycles. The average Bonchev–Trinajstić information content (AvgIpc) is 3.49. The van der Waals surface area contributed by atoms with Gasteiger partial charge in [-0.3, -0.25) is 4.90 Å². The maximum absolute atomic E-state index is 14.9. The van der Waals surface area contributed by atoms with Crippen LogP contribution in [-0.2, 0) is 6.54 Å². The van der Waals surface area contributed by atoms with Crippen molar-refractivity contribution in [1.29, 1.82) is 0 Å². The summed E-state index contributed by atoms with van der Waals surface area (Å²) in [4.78, 5) is 28.8. The van der Waals surface area contributed by atoms with Crippen molar-refractivity contribution in [2.75, 3.05) is 44.6 Å². The molecule has 0 bridgehead atoms. The van der Waals surface area contributed by atoms with Crippen molar-refractivity contribution in [3.63, 3.8) is 0 Å². The first-order chi connectivity index (χ1) is 18.0. The van der Waals surface area contributed by atoms with E-state index in [-0.39, 0.29) is 11.7 Å². The Hall–Kier alpha value is -3.70. The van der Waals surface area contributed by atoms with Crippen LogP contribution in [0.1, 0.15) is 12.0 Å². The van der Waals surface area contributed by atoms with Gasteiger partial charge >= 0.3 is 6.03 Å². The van der Waals surface area contributed by atoms with Gasteiger partial charge < -0.3 is 15.5 Å². The number of pyridine rings is 1. The first-order valence-corrected chi connectivity index (χ1v) is 13.1. The number of carbonyl (C=O) groups is 1. The fraction of sp³-hybridized carbons (Fsp3) is 0.308. The highest BCUT2D eigenvalue weighted by Crippen LogP contribution is 2.40. The van der Waals surface area contributed by atoms with Gasteiger partial charge in [0.1, 0.15) is 5.69 Å². The molecule has 0 radical (unpaired) electrons. The third-order valence-electron chi connectivity index (χ3n) is 6.72. The zero-order chi connectivity index (χ0) is 25.4. The number of anilines is 1. The van der Waals surface area contributed by atoms with Crippen molar-refractivity contribution in [1.82, 2.24) is 30.1 Å². The van der Waals surface area contributed by atoms with Crippen LogP contribution < -0.4 is 10.6 Å². The molecule has 0 atom stereocenters. The van der Waals surface area contributed by atoms with Gasteiger partial charge in [-0.2, -0.15) is 4.39 Å². The fourth-order valence-corrected chi connectivity index (χ4v) is 5.84. The zero-order valence-corrected chi connectivity index (χ0v) is 20.8. The molecular formula is C26H25F2N7OS. The predicted octanol–water partition coefficient (Wildman–Crippen LogP) is 4.34. The van der Waals surface area contributed by atoms with E-state index in [2.05, 4.69) is 30.5 Å². The Morgan fingerprint density at radius 2 is 1.97 bits per heavy atom. The number of rotatable bonds is 8. The summed E-state index contributed by atoms with van der Waals surface area (Å²) in [7, 11) is 0. The van der Waals surface area contributed by atoms with Crippen LogP contribution in [0.5, 0.6) is 0 Å². The second-order valence-corrected chi connectivity index (χ2v) is 10.2. The standard InChI is InChI=1S/C26H25F2N7OS/c27-20-14-32-25(29-5-9-35-10-6-30-26(35)36)33-23(20)21-11-16-3-1-4-18(24(16)37-21)19-12-22(28)31-13-17(19)15-34-7-2-8-34/h1,3-4,11-14H,2,5-10,15H2,(H,30,36)(H,29,32,33). The molecule has 2 amide bonds. The van der Waals surface area contributed by atoms with Crippen LogP contribution in [0.2, 0.25) is 0 Å². The minimum atomic E-state index is -0.528. The van der Waals surface area contributed by atoms with E-state index in [0.29, 0.717) is 43.5 Å². The van der Waals surface area contributed by atoms with Gasteiger partial charge in [-0.1, -0.05) is 18.2 Å². The number of likely N-dealkylation sites (tertiary alicyclic amines) is 1. The third-order valence-corrected chi connectivity index (χ3v) is 7.91. The molecule has 190 valence electrons. The van der Waals surface area contributed by atoms with Crippen LogP contribution in [-0.4, -0.2) is 70.1 Å². The van der Waals surface area contributed by atoms with Crippen LogP contribution in [0.4, 0.5) is 19.5 Å². The topological polar surface area (TPSA) is 86.3 Å². The van der Waals surface area contributed by atoms with Gasteiger partial charge in [0, 0.05) is 55.3 Å². The molecule has 37 heavy (non-hydrogen) atoms. The Balaban J connectivity index is 1.30. The molecule has 2 saturated heterocycles. The molecule has 0 unspecified atom stereocenters. The number of hydrogen-bond donors (Lipinski definition) is 2. The molecule has 0 saturated carbocycles. The third kappa shape index (κ3) is 4.84. The van der Waals surface area contributed by atoms with Crippen molar-refractivity contribution in [2.45, 2.75) is 13.0 Å². The van der Waals surface area contributed by atoms with E-state index >= 15 is 0 Å². The highest BCUT2D eigenvalue weighted by atomic mass is 32.1. The number of nitrogens with zero attached hydrogens (tertiary/aromatic N) is 5. The Labute approximate surface area is 216 Å². The lowest BCUT2D eigenvalue weighted by molar-refractivity contribution is 0.172. The number of hydrogen-bond acceptors (Lipinski definition) is 7. The second-order valence-electron chi connectivity index (χ2n) is 9.16. The van der Waals surface area contributed by atoms with Gasteiger partial charge in [-0.05, 0) is 42.1 Å². The first kappa shape index (κ1) is 23.7. The van der Waals surface area contributed by atoms with Gasteiger partial charge in [0.15, 0.2) is 5.82 Å². The average molecular weight is 522 g/mol. The van der Waals surface area contributed by atoms with Crippen molar-refractivity contribution < 1.29 is 13.6 Å². The van der Waals surface area contributed by atoms with Crippen LogP contribution in [0.3, 0.4) is 0 Å². The Morgan fingerprint density at radius 3 is 2.76 bits per heavy atom. The summed E-state index contributed by atoms with van der Waals surface area (Å²) >= 11 is 1.42. The lowest BCUT2D eigenvalue weighted by Gasteiger charge is -2.31. The van der Waals surface area contributed by atoms with Gasteiger partial charge in [0.05, 0.1) is 11.1 Å². The predicted molar refractivity (Wildman–Crippen MR) is 139 cm³/mol. The van der Waals surface area contributed by atoms with Crippen LogP contribution in [0.25, 0.3) is 31.8 Å². The van der Waals surface area contributed by atoms with Gasteiger partial charge in [-0.15, -0.1) is 11.3 Å². The molecule has 2 aliphatic heterocycles. The highest BCUT2D eigenvalue weighted by molar-refractivity contribution is 7.22. The molecule has 0 aliphatic carbocycles. The van der Waals surface area contributed by atoms with Crippen molar-refractivity contribution in [3.8, 4) is 21.7 Å². The minimum absolute atomic E-state index is 0.0919. The number of urea groups is 1. The molecule has 2 aliphatic rings. The molecule has 4 aromatic rings. The Kier molecular flexibility index (Phi) is 6.39. The summed E-state index contributed by atoms with van der Waals surface area (Å²) in [5.41, 5.74) is 2.86. The summed E-state index contributed by atoms with van der Waals surface area (Å²) in [6.45, 7) is 5.00. The monoisotopic (exact) mass is 521 g/mol. The molecule has 2 fully saturated rings. The number of carbonyl (C=O) groups excluding carboxylic acids is 1. The van der Waals surface area contributed by atoms with E-state index in [0.717, 1.165) is 46.1 Å². The van der Waals surface area contributed by atoms with Crippen molar-refractivity contribution in [3.05, 3.63) is 60.1 Å². The maximum Gasteiger partial charge on any atom is 0.317 e. The second kappa shape index (κ2) is 9.98. The highest BCUT2D eigenvalue weighted by Gasteiger charge is 2.21. The zero-order valence-electron chi connectivity index (χ0n) is 20.0. The van der Waals surface area contributed by atoms with E-state index in [1.165, 1.54) is 23.8 Å². The fourth-order valence-electron chi connectivity index (χ4n) is 4.66. The van der Waals surface area contributed by atoms with Crippen molar-refractivity contribution in [2.24, 2.45) is 0 Å². The summed E-state index contributed by atoms with van der Waals surface area (Å²) in [6.07, 6.45) is 3.94. The molecular weight excluding hydrogens is 496 g/mol. The van der Waals surface area contributed by atoms with Gasteiger partial charge in [0.25, 0.3) is 0 Å². The lowest BCUT2D eigenvalue weighted by atomic mass is 9.99. The SMILES string of the molecule is O=C1NCCN1CCNc1ncc(F)c(-c2cc3cccc(-c4cc(F)ncc4CN4CCC4)c3s2)n1. The minimum Gasteiger partial charge on any atom is -0.352 e. The molecule has 6 rings (SSSR count). The summed E-state index contributed by atoms with van der Waals surface area (Å²) < 4.78 is 30.0. The maximum atomic E-state index is 14.9.